The Bertz CT molecular complexity index is 928. The van der Waals surface area contributed by atoms with Crippen molar-refractivity contribution >= 4 is 6.09 Å². The van der Waals surface area contributed by atoms with Crippen molar-refractivity contribution in [2.24, 2.45) is 5.41 Å². The fraction of sp³-hybridized carbons (Fsp3) is 0.522. The van der Waals surface area contributed by atoms with E-state index in [1.165, 1.54) is 30.2 Å². The Labute approximate surface area is 171 Å². The minimum absolute atomic E-state index is 0.185. The summed E-state index contributed by atoms with van der Waals surface area (Å²) < 4.78 is 4.87. The van der Waals surface area contributed by atoms with Gasteiger partial charge in [0.25, 0.3) is 0 Å². The lowest BCUT2D eigenvalue weighted by molar-refractivity contribution is -0.0671. The largest absolute Gasteiger partial charge is 0.453 e. The Hall–Kier alpha value is -2.47. The number of aromatic nitrogens is 2. The van der Waals surface area contributed by atoms with E-state index < -0.39 is 0 Å². The van der Waals surface area contributed by atoms with E-state index in [9.17, 15) is 4.79 Å². The maximum absolute atomic E-state index is 11.7. The molecule has 2 fully saturated rings. The molecular formula is C23H28N4O2. The van der Waals surface area contributed by atoms with E-state index in [4.69, 9.17) is 4.74 Å². The molecule has 1 aliphatic carbocycles. The van der Waals surface area contributed by atoms with E-state index in [0.29, 0.717) is 11.5 Å². The van der Waals surface area contributed by atoms with E-state index in [2.05, 4.69) is 33.1 Å². The Kier molecular flexibility index (Phi) is 4.54. The molecule has 3 aliphatic rings. The second-order valence-corrected chi connectivity index (χ2v) is 8.87. The van der Waals surface area contributed by atoms with Crippen molar-refractivity contribution < 1.29 is 9.53 Å². The molecule has 0 radical (unpaired) electrons. The van der Waals surface area contributed by atoms with Gasteiger partial charge in [-0.3, -0.25) is 4.90 Å². The molecule has 6 heteroatoms. The number of amides is 1. The monoisotopic (exact) mass is 392 g/mol. The van der Waals surface area contributed by atoms with Crippen LogP contribution in [-0.2, 0) is 11.2 Å². The van der Waals surface area contributed by atoms with Crippen LogP contribution >= 0.6 is 0 Å². The van der Waals surface area contributed by atoms with Crippen LogP contribution in [0.25, 0.3) is 11.3 Å². The average Bonchev–Trinajstić information content (AvgIpc) is 3.14. The van der Waals surface area contributed by atoms with Gasteiger partial charge in [0, 0.05) is 43.5 Å². The Morgan fingerprint density at radius 3 is 2.69 bits per heavy atom. The first-order chi connectivity index (χ1) is 14.1. The number of rotatable bonds is 2. The van der Waals surface area contributed by atoms with Crippen LogP contribution in [0, 0.1) is 12.3 Å². The van der Waals surface area contributed by atoms with Gasteiger partial charge in [-0.25, -0.2) is 14.8 Å². The quantitative estimate of drug-likeness (QED) is 0.782. The summed E-state index contributed by atoms with van der Waals surface area (Å²) in [4.78, 5) is 24.9. The molecule has 0 unspecified atom stereocenters. The van der Waals surface area contributed by atoms with Gasteiger partial charge in [0.05, 0.1) is 12.8 Å². The number of piperidine rings is 1. The van der Waals surface area contributed by atoms with Crippen LogP contribution in [0.2, 0.25) is 0 Å². The summed E-state index contributed by atoms with van der Waals surface area (Å²) in [6.45, 7) is 5.95. The van der Waals surface area contributed by atoms with Gasteiger partial charge in [-0.2, -0.15) is 0 Å². The maximum Gasteiger partial charge on any atom is 0.409 e. The van der Waals surface area contributed by atoms with Crippen molar-refractivity contribution in [3.8, 4) is 11.3 Å². The highest BCUT2D eigenvalue weighted by Crippen LogP contribution is 2.48. The second kappa shape index (κ2) is 7.10. The number of methoxy groups -OCH3 is 1. The highest BCUT2D eigenvalue weighted by Gasteiger charge is 2.48. The van der Waals surface area contributed by atoms with Gasteiger partial charge in [0.2, 0.25) is 0 Å². The standard InChI is InChI=1S/C23H28N4O2/c1-16-11-20(25-15-24-16)18-3-5-19-17(12-18)4-6-21(19)27-13-23(14-27)7-9-26(10-8-23)22(28)29-2/h3,5,11-12,15,21H,4,6-10,13-14H2,1-2H3/t21-/m1/s1. The minimum atomic E-state index is -0.185. The summed E-state index contributed by atoms with van der Waals surface area (Å²) in [5, 5.41) is 0. The molecule has 0 bridgehead atoms. The second-order valence-electron chi connectivity index (χ2n) is 8.87. The summed E-state index contributed by atoms with van der Waals surface area (Å²) in [5.41, 5.74) is 6.53. The van der Waals surface area contributed by atoms with E-state index >= 15 is 0 Å². The third-order valence-corrected chi connectivity index (χ3v) is 7.06. The zero-order chi connectivity index (χ0) is 20.0. The first kappa shape index (κ1) is 18.6. The lowest BCUT2D eigenvalue weighted by Crippen LogP contribution is -2.61. The van der Waals surface area contributed by atoms with Gasteiger partial charge in [-0.05, 0) is 61.3 Å². The Morgan fingerprint density at radius 1 is 1.17 bits per heavy atom. The van der Waals surface area contributed by atoms with E-state index in [0.717, 1.165) is 56.8 Å². The lowest BCUT2D eigenvalue weighted by atomic mass is 9.71. The fourth-order valence-electron chi connectivity index (χ4n) is 5.39. The topological polar surface area (TPSA) is 58.6 Å². The van der Waals surface area contributed by atoms with Crippen LogP contribution in [-0.4, -0.2) is 59.1 Å². The summed E-state index contributed by atoms with van der Waals surface area (Å²) in [6, 6.07) is 9.43. The Morgan fingerprint density at radius 2 is 1.97 bits per heavy atom. The van der Waals surface area contributed by atoms with Gasteiger partial charge < -0.3 is 9.64 Å². The van der Waals surface area contributed by atoms with Crippen LogP contribution in [0.3, 0.4) is 0 Å². The number of carbonyl (C=O) groups is 1. The molecule has 1 atom stereocenters. The van der Waals surface area contributed by atoms with E-state index in [1.807, 2.05) is 17.9 Å². The van der Waals surface area contributed by atoms with Crippen molar-refractivity contribution in [2.75, 3.05) is 33.3 Å². The molecule has 6 nitrogen and oxygen atoms in total. The fourth-order valence-corrected chi connectivity index (χ4v) is 5.39. The third-order valence-electron chi connectivity index (χ3n) is 7.06. The molecule has 3 heterocycles. The van der Waals surface area contributed by atoms with E-state index in [1.54, 1.807) is 6.33 Å². The van der Waals surface area contributed by atoms with Crippen molar-refractivity contribution in [3.63, 3.8) is 0 Å². The predicted octanol–water partition coefficient (Wildman–Crippen LogP) is 3.60. The number of hydrogen-bond donors (Lipinski definition) is 0. The van der Waals surface area contributed by atoms with Crippen LogP contribution in [0.15, 0.2) is 30.6 Å². The molecule has 1 amide bonds. The van der Waals surface area contributed by atoms with Crippen molar-refractivity contribution in [1.82, 2.24) is 19.8 Å². The molecule has 2 aliphatic heterocycles. The summed E-state index contributed by atoms with van der Waals surface area (Å²) in [6.07, 6.45) is 5.97. The smallest absolute Gasteiger partial charge is 0.409 e. The van der Waals surface area contributed by atoms with Crippen LogP contribution in [0.1, 0.15) is 42.1 Å². The number of hydrogen-bond acceptors (Lipinski definition) is 5. The van der Waals surface area contributed by atoms with Crippen molar-refractivity contribution in [1.29, 1.82) is 0 Å². The number of ether oxygens (including phenoxy) is 1. The molecule has 1 spiro atoms. The van der Waals surface area contributed by atoms with Crippen molar-refractivity contribution in [2.45, 2.75) is 38.6 Å². The minimum Gasteiger partial charge on any atom is -0.453 e. The average molecular weight is 393 g/mol. The van der Waals surface area contributed by atoms with Crippen LogP contribution < -0.4 is 0 Å². The molecule has 0 N–H and O–H groups in total. The van der Waals surface area contributed by atoms with Crippen LogP contribution in [0.4, 0.5) is 4.79 Å². The van der Waals surface area contributed by atoms with E-state index in [-0.39, 0.29) is 6.09 Å². The van der Waals surface area contributed by atoms with Gasteiger partial charge in [-0.15, -0.1) is 0 Å². The summed E-state index contributed by atoms with van der Waals surface area (Å²) in [5.74, 6) is 0. The number of fused-ring (bicyclic) bond motifs is 1. The normalized spacial score (nSPS) is 23.0. The number of likely N-dealkylation sites (tertiary alicyclic amines) is 2. The number of benzene rings is 1. The number of nitrogens with zero attached hydrogens (tertiary/aromatic N) is 4. The molecule has 1 aromatic heterocycles. The highest BCUT2D eigenvalue weighted by atomic mass is 16.5. The molecule has 2 saturated heterocycles. The van der Waals surface area contributed by atoms with Crippen molar-refractivity contribution in [3.05, 3.63) is 47.4 Å². The summed E-state index contributed by atoms with van der Waals surface area (Å²) in [7, 11) is 1.46. The first-order valence-corrected chi connectivity index (χ1v) is 10.6. The molecule has 0 saturated carbocycles. The molecule has 1 aromatic carbocycles. The van der Waals surface area contributed by atoms with Gasteiger partial charge in [0.1, 0.15) is 6.33 Å². The Balaban J connectivity index is 1.25. The molecule has 29 heavy (non-hydrogen) atoms. The molecule has 5 rings (SSSR count). The zero-order valence-electron chi connectivity index (χ0n) is 17.2. The lowest BCUT2D eigenvalue weighted by Gasteiger charge is -2.56. The SMILES string of the molecule is COC(=O)N1CCC2(CC1)CN([C@@H]1CCc3cc(-c4cc(C)ncn4)ccc31)C2. The number of carbonyl (C=O) groups excluding carboxylic acids is 1. The summed E-state index contributed by atoms with van der Waals surface area (Å²) >= 11 is 0. The van der Waals surface area contributed by atoms with Crippen LogP contribution in [0.5, 0.6) is 0 Å². The molecule has 2 aromatic rings. The van der Waals surface area contributed by atoms with Gasteiger partial charge >= 0.3 is 6.09 Å². The number of aryl methyl sites for hydroxylation is 2. The first-order valence-electron chi connectivity index (χ1n) is 10.6. The predicted molar refractivity (Wildman–Crippen MR) is 110 cm³/mol. The maximum atomic E-state index is 11.7. The van der Waals surface area contributed by atoms with Gasteiger partial charge in [0.15, 0.2) is 0 Å². The molecular weight excluding hydrogens is 364 g/mol. The van der Waals surface area contributed by atoms with Gasteiger partial charge in [-0.1, -0.05) is 12.1 Å². The zero-order valence-corrected chi connectivity index (χ0v) is 17.2. The molecule has 152 valence electrons. The third kappa shape index (κ3) is 3.29. The highest BCUT2D eigenvalue weighted by molar-refractivity contribution is 5.67.